The molecule has 12 heavy (non-hydrogen) atoms. The smallest absolute Gasteiger partial charge is 0.0719 e. The Morgan fingerprint density at radius 1 is 1.58 bits per heavy atom. The number of halogens is 1. The highest BCUT2D eigenvalue weighted by Gasteiger charge is 1.94. The molecule has 1 aromatic rings. The van der Waals surface area contributed by atoms with Gasteiger partial charge in [-0.05, 0) is 14.1 Å². The Bertz CT molecular complexity index is 221. The van der Waals surface area contributed by atoms with Gasteiger partial charge in [0.15, 0.2) is 0 Å². The van der Waals surface area contributed by atoms with Crippen LogP contribution in [0.2, 0.25) is 0 Å². The number of hydrogen-bond acceptors (Lipinski definition) is 3. The Hall–Kier alpha value is -0.740. The largest absolute Gasteiger partial charge is 0.396 e. The number of anilines is 1. The van der Waals surface area contributed by atoms with E-state index >= 15 is 0 Å². The van der Waals surface area contributed by atoms with Crippen molar-refractivity contribution in [3.05, 3.63) is 12.4 Å². The van der Waals surface area contributed by atoms with Gasteiger partial charge in [-0.25, -0.2) is 0 Å². The van der Waals surface area contributed by atoms with Gasteiger partial charge in [0.2, 0.25) is 0 Å². The SMILES string of the molecule is CN(C)CCn1cc(N)cn1.Cl. The van der Waals surface area contributed by atoms with Crippen LogP contribution in [0.3, 0.4) is 0 Å². The molecule has 0 aliphatic carbocycles. The Balaban J connectivity index is 0.00000121. The summed E-state index contributed by atoms with van der Waals surface area (Å²) in [6.45, 7) is 1.88. The van der Waals surface area contributed by atoms with Gasteiger partial charge in [0.05, 0.1) is 18.4 Å². The molecule has 0 fully saturated rings. The highest BCUT2D eigenvalue weighted by molar-refractivity contribution is 5.85. The molecule has 0 saturated heterocycles. The van der Waals surface area contributed by atoms with Gasteiger partial charge in [0, 0.05) is 12.7 Å². The molecular weight excluding hydrogens is 176 g/mol. The maximum Gasteiger partial charge on any atom is 0.0719 e. The molecule has 5 heteroatoms. The summed E-state index contributed by atoms with van der Waals surface area (Å²) in [5.41, 5.74) is 6.21. The van der Waals surface area contributed by atoms with Crippen LogP contribution in [0.25, 0.3) is 0 Å². The zero-order valence-corrected chi connectivity index (χ0v) is 8.21. The second-order valence-electron chi connectivity index (χ2n) is 2.84. The van der Waals surface area contributed by atoms with Gasteiger partial charge in [0.25, 0.3) is 0 Å². The second kappa shape index (κ2) is 5.00. The predicted octanol–water partition coefficient (Wildman–Crippen LogP) is 0.449. The van der Waals surface area contributed by atoms with Gasteiger partial charge in [-0.2, -0.15) is 5.10 Å². The topological polar surface area (TPSA) is 47.1 Å². The zero-order chi connectivity index (χ0) is 8.27. The Morgan fingerprint density at radius 2 is 2.25 bits per heavy atom. The van der Waals surface area contributed by atoms with Crippen LogP contribution in [0, 0.1) is 0 Å². The van der Waals surface area contributed by atoms with Crippen molar-refractivity contribution in [2.24, 2.45) is 0 Å². The molecule has 1 heterocycles. The van der Waals surface area contributed by atoms with E-state index in [1.54, 1.807) is 6.20 Å². The third kappa shape index (κ3) is 3.59. The predicted molar refractivity (Wildman–Crippen MR) is 52.4 cm³/mol. The van der Waals surface area contributed by atoms with Crippen LogP contribution >= 0.6 is 12.4 Å². The molecule has 1 aromatic heterocycles. The summed E-state index contributed by atoms with van der Waals surface area (Å²) >= 11 is 0. The minimum atomic E-state index is 0. The lowest BCUT2D eigenvalue weighted by Crippen LogP contribution is -2.18. The molecule has 70 valence electrons. The Kier molecular flexibility index (Phi) is 4.70. The third-order valence-electron chi connectivity index (χ3n) is 1.43. The van der Waals surface area contributed by atoms with Gasteiger partial charge >= 0.3 is 0 Å². The lowest BCUT2D eigenvalue weighted by molar-refractivity contribution is 0.373. The first-order chi connectivity index (χ1) is 5.18. The van der Waals surface area contributed by atoms with Crippen LogP contribution in [-0.2, 0) is 6.54 Å². The third-order valence-corrected chi connectivity index (χ3v) is 1.43. The van der Waals surface area contributed by atoms with E-state index in [0.29, 0.717) is 0 Å². The first-order valence-electron chi connectivity index (χ1n) is 3.61. The Labute approximate surface area is 78.8 Å². The van der Waals surface area contributed by atoms with Crippen molar-refractivity contribution in [3.8, 4) is 0 Å². The molecule has 0 atom stereocenters. The van der Waals surface area contributed by atoms with Gasteiger partial charge in [-0.1, -0.05) is 0 Å². The van der Waals surface area contributed by atoms with Crippen molar-refractivity contribution in [3.63, 3.8) is 0 Å². The lowest BCUT2D eigenvalue weighted by atomic mass is 10.5. The molecule has 0 spiro atoms. The molecule has 1 rings (SSSR count). The van der Waals surface area contributed by atoms with E-state index in [1.165, 1.54) is 0 Å². The number of nitrogens with zero attached hydrogens (tertiary/aromatic N) is 3. The average molecular weight is 191 g/mol. The van der Waals surface area contributed by atoms with Crippen molar-refractivity contribution < 1.29 is 0 Å². The standard InChI is InChI=1S/C7H14N4.ClH/c1-10(2)3-4-11-6-7(8)5-9-11;/h5-6H,3-4,8H2,1-2H3;1H. The number of nitrogens with two attached hydrogens (primary N) is 1. The van der Waals surface area contributed by atoms with Gasteiger partial charge in [-0.15, -0.1) is 12.4 Å². The summed E-state index contributed by atoms with van der Waals surface area (Å²) in [5, 5.41) is 4.05. The molecule has 0 unspecified atom stereocenters. The first-order valence-corrected chi connectivity index (χ1v) is 3.61. The van der Waals surface area contributed by atoms with Crippen LogP contribution in [-0.4, -0.2) is 35.3 Å². The number of rotatable bonds is 3. The number of likely N-dealkylation sites (N-methyl/N-ethyl adjacent to an activating group) is 1. The van der Waals surface area contributed by atoms with Crippen LogP contribution in [0.5, 0.6) is 0 Å². The fraction of sp³-hybridized carbons (Fsp3) is 0.571. The highest BCUT2D eigenvalue weighted by atomic mass is 35.5. The quantitative estimate of drug-likeness (QED) is 0.753. The molecule has 2 N–H and O–H groups in total. The second-order valence-corrected chi connectivity index (χ2v) is 2.84. The van der Waals surface area contributed by atoms with E-state index in [0.717, 1.165) is 18.8 Å². The summed E-state index contributed by atoms with van der Waals surface area (Å²) in [7, 11) is 4.07. The van der Waals surface area contributed by atoms with Crippen LogP contribution in [0.15, 0.2) is 12.4 Å². The van der Waals surface area contributed by atoms with Crippen molar-refractivity contribution >= 4 is 18.1 Å². The number of nitrogen functional groups attached to an aromatic ring is 1. The molecule has 4 nitrogen and oxygen atoms in total. The normalized spacial score (nSPS) is 9.92. The summed E-state index contributed by atoms with van der Waals surface area (Å²) in [6.07, 6.45) is 3.50. The van der Waals surface area contributed by atoms with E-state index in [9.17, 15) is 0 Å². The minimum Gasteiger partial charge on any atom is -0.396 e. The van der Waals surface area contributed by atoms with Gasteiger partial charge < -0.3 is 10.6 Å². The molecule has 0 radical (unpaired) electrons. The van der Waals surface area contributed by atoms with Crippen molar-refractivity contribution in [1.82, 2.24) is 14.7 Å². The molecule has 0 aliphatic rings. The van der Waals surface area contributed by atoms with Crippen molar-refractivity contribution in [1.29, 1.82) is 0 Å². The fourth-order valence-corrected chi connectivity index (χ4v) is 0.804. The lowest BCUT2D eigenvalue weighted by Gasteiger charge is -2.08. The summed E-state index contributed by atoms with van der Waals surface area (Å²) < 4.78 is 1.84. The highest BCUT2D eigenvalue weighted by Crippen LogP contribution is 1.96. The summed E-state index contributed by atoms with van der Waals surface area (Å²) in [5.74, 6) is 0. The van der Waals surface area contributed by atoms with Gasteiger partial charge in [-0.3, -0.25) is 4.68 Å². The van der Waals surface area contributed by atoms with E-state index in [1.807, 2.05) is 25.0 Å². The van der Waals surface area contributed by atoms with Crippen molar-refractivity contribution in [2.75, 3.05) is 26.4 Å². The average Bonchev–Trinajstić information content (AvgIpc) is 2.31. The number of hydrogen-bond donors (Lipinski definition) is 1. The van der Waals surface area contributed by atoms with Crippen LogP contribution < -0.4 is 5.73 Å². The number of aromatic nitrogens is 2. The van der Waals surface area contributed by atoms with E-state index in [4.69, 9.17) is 5.73 Å². The van der Waals surface area contributed by atoms with E-state index in [2.05, 4.69) is 10.00 Å². The maximum absolute atomic E-state index is 5.49. The summed E-state index contributed by atoms with van der Waals surface area (Å²) in [6, 6.07) is 0. The first kappa shape index (κ1) is 11.3. The van der Waals surface area contributed by atoms with E-state index < -0.39 is 0 Å². The summed E-state index contributed by atoms with van der Waals surface area (Å²) in [4.78, 5) is 2.11. The molecule has 0 saturated carbocycles. The van der Waals surface area contributed by atoms with E-state index in [-0.39, 0.29) is 12.4 Å². The zero-order valence-electron chi connectivity index (χ0n) is 7.40. The molecular formula is C7H15ClN4. The molecule has 0 bridgehead atoms. The van der Waals surface area contributed by atoms with Crippen LogP contribution in [0.1, 0.15) is 0 Å². The fourth-order valence-electron chi connectivity index (χ4n) is 0.804. The minimum absolute atomic E-state index is 0. The Morgan fingerprint density at radius 3 is 2.67 bits per heavy atom. The molecule has 0 amide bonds. The molecule has 0 aliphatic heterocycles. The van der Waals surface area contributed by atoms with Crippen LogP contribution in [0.4, 0.5) is 5.69 Å². The van der Waals surface area contributed by atoms with Gasteiger partial charge in [0.1, 0.15) is 0 Å². The monoisotopic (exact) mass is 190 g/mol. The molecule has 0 aromatic carbocycles. The van der Waals surface area contributed by atoms with Crippen molar-refractivity contribution in [2.45, 2.75) is 6.54 Å². The maximum atomic E-state index is 5.49.